The third-order valence-electron chi connectivity index (χ3n) is 5.90. The Kier molecular flexibility index (Phi) is 4.59. The number of halogens is 1. The van der Waals surface area contributed by atoms with Crippen LogP contribution in [0.25, 0.3) is 16.8 Å². The molecule has 2 amide bonds. The number of likely N-dealkylation sites (tertiary alicyclic amines) is 1. The van der Waals surface area contributed by atoms with Gasteiger partial charge in [0.15, 0.2) is 11.5 Å². The van der Waals surface area contributed by atoms with E-state index in [1.165, 1.54) is 4.90 Å². The molecular weight excluding hydrogens is 402 g/mol. The molecule has 1 saturated heterocycles. The molecule has 2 aliphatic rings. The molecule has 0 spiro atoms. The molecular formula is C23H20ClN3O3. The largest absolute Gasteiger partial charge is 0.440 e. The number of rotatable bonds is 3. The van der Waals surface area contributed by atoms with E-state index in [0.717, 1.165) is 29.5 Å². The number of carbonyl (C=O) groups excluding carboxylic acids is 2. The van der Waals surface area contributed by atoms with Crippen molar-refractivity contribution in [1.29, 1.82) is 0 Å². The maximum Gasteiger partial charge on any atom is 0.259 e. The summed E-state index contributed by atoms with van der Waals surface area (Å²) in [7, 11) is 0. The molecule has 6 nitrogen and oxygen atoms in total. The summed E-state index contributed by atoms with van der Waals surface area (Å²) in [5.74, 6) is 0.620. The van der Waals surface area contributed by atoms with Crippen LogP contribution >= 0.6 is 11.6 Å². The first-order chi connectivity index (χ1) is 14.5. The minimum atomic E-state index is -0.163. The molecule has 152 valence electrons. The minimum Gasteiger partial charge on any atom is -0.440 e. The van der Waals surface area contributed by atoms with E-state index in [4.69, 9.17) is 16.0 Å². The number of piperidine rings is 1. The number of hydrogen-bond donors (Lipinski definition) is 0. The highest BCUT2D eigenvalue weighted by Gasteiger charge is 2.34. The molecule has 1 fully saturated rings. The minimum absolute atomic E-state index is 0.0123. The number of hydrogen-bond acceptors (Lipinski definition) is 4. The lowest BCUT2D eigenvalue weighted by Crippen LogP contribution is -2.43. The monoisotopic (exact) mass is 421 g/mol. The van der Waals surface area contributed by atoms with Crippen molar-refractivity contribution >= 4 is 40.2 Å². The fourth-order valence-electron chi connectivity index (χ4n) is 4.21. The zero-order valence-corrected chi connectivity index (χ0v) is 17.1. The SMILES string of the molecule is C=C1c2ccccc2C(=O)N1CC(=O)N1CCC(c2nc3cc(Cl)ccc3o2)CC1. The lowest BCUT2D eigenvalue weighted by molar-refractivity contribution is -0.132. The lowest BCUT2D eigenvalue weighted by Gasteiger charge is -2.32. The number of nitrogens with zero attached hydrogens (tertiary/aromatic N) is 3. The molecule has 1 aromatic heterocycles. The Morgan fingerprint density at radius 2 is 1.90 bits per heavy atom. The fourth-order valence-corrected chi connectivity index (χ4v) is 4.37. The Bertz CT molecular complexity index is 1140. The molecule has 3 aromatic rings. The smallest absolute Gasteiger partial charge is 0.259 e. The number of fused-ring (bicyclic) bond motifs is 2. The molecule has 30 heavy (non-hydrogen) atoms. The van der Waals surface area contributed by atoms with Gasteiger partial charge in [0.05, 0.1) is 0 Å². The lowest BCUT2D eigenvalue weighted by atomic mass is 9.96. The number of aromatic nitrogens is 1. The van der Waals surface area contributed by atoms with E-state index in [1.807, 2.05) is 24.3 Å². The molecule has 0 bridgehead atoms. The topological polar surface area (TPSA) is 66.7 Å². The molecule has 0 unspecified atom stereocenters. The first kappa shape index (κ1) is 18.9. The van der Waals surface area contributed by atoms with E-state index in [2.05, 4.69) is 11.6 Å². The quantitative estimate of drug-likeness (QED) is 0.631. The van der Waals surface area contributed by atoms with Crippen LogP contribution in [-0.4, -0.2) is 46.2 Å². The second-order valence-electron chi connectivity index (χ2n) is 7.70. The van der Waals surface area contributed by atoms with Crippen LogP contribution in [0.1, 0.15) is 40.6 Å². The van der Waals surface area contributed by atoms with E-state index < -0.39 is 0 Å². The Balaban J connectivity index is 1.23. The molecule has 2 aromatic carbocycles. The second kappa shape index (κ2) is 7.29. The van der Waals surface area contributed by atoms with Crippen molar-refractivity contribution in [3.8, 4) is 0 Å². The van der Waals surface area contributed by atoms with Crippen LogP contribution < -0.4 is 0 Å². The average Bonchev–Trinajstić information content (AvgIpc) is 3.28. The Morgan fingerprint density at radius 1 is 1.17 bits per heavy atom. The summed E-state index contributed by atoms with van der Waals surface area (Å²) < 4.78 is 5.89. The Labute approximate surface area is 178 Å². The number of benzene rings is 2. The highest BCUT2D eigenvalue weighted by atomic mass is 35.5. The van der Waals surface area contributed by atoms with Crippen LogP contribution in [0.5, 0.6) is 0 Å². The molecule has 3 heterocycles. The number of carbonyl (C=O) groups is 2. The van der Waals surface area contributed by atoms with Crippen LogP contribution in [0.2, 0.25) is 5.02 Å². The summed E-state index contributed by atoms with van der Waals surface area (Å²) in [6, 6.07) is 12.7. The molecule has 0 N–H and O–H groups in total. The zero-order valence-electron chi connectivity index (χ0n) is 16.3. The third-order valence-corrected chi connectivity index (χ3v) is 6.13. The first-order valence-electron chi connectivity index (χ1n) is 9.95. The van der Waals surface area contributed by atoms with E-state index in [9.17, 15) is 9.59 Å². The summed E-state index contributed by atoms with van der Waals surface area (Å²) >= 11 is 6.03. The van der Waals surface area contributed by atoms with Crippen molar-refractivity contribution in [1.82, 2.24) is 14.8 Å². The Hall–Kier alpha value is -3.12. The maximum atomic E-state index is 12.9. The van der Waals surface area contributed by atoms with E-state index >= 15 is 0 Å². The third kappa shape index (κ3) is 3.17. The molecule has 7 heteroatoms. The van der Waals surface area contributed by atoms with Crippen LogP contribution in [-0.2, 0) is 4.79 Å². The summed E-state index contributed by atoms with van der Waals surface area (Å²) in [5.41, 5.74) is 3.46. The zero-order chi connectivity index (χ0) is 20.8. The average molecular weight is 422 g/mol. The Morgan fingerprint density at radius 3 is 2.63 bits per heavy atom. The molecule has 0 aliphatic carbocycles. The van der Waals surface area contributed by atoms with Crippen molar-refractivity contribution in [2.45, 2.75) is 18.8 Å². The van der Waals surface area contributed by atoms with Gasteiger partial charge in [0.25, 0.3) is 5.91 Å². The van der Waals surface area contributed by atoms with Gasteiger partial charge in [0.2, 0.25) is 5.91 Å². The van der Waals surface area contributed by atoms with Gasteiger partial charge in [0.1, 0.15) is 12.1 Å². The first-order valence-corrected chi connectivity index (χ1v) is 10.3. The molecule has 2 aliphatic heterocycles. The van der Waals surface area contributed by atoms with Crippen molar-refractivity contribution in [3.05, 3.63) is 71.1 Å². The molecule has 0 saturated carbocycles. The fraction of sp³-hybridized carbons (Fsp3) is 0.261. The summed E-state index contributed by atoms with van der Waals surface area (Å²) in [6.45, 7) is 5.22. The van der Waals surface area contributed by atoms with Crippen LogP contribution in [0.4, 0.5) is 0 Å². The van der Waals surface area contributed by atoms with Crippen molar-refractivity contribution < 1.29 is 14.0 Å². The van der Waals surface area contributed by atoms with Crippen molar-refractivity contribution in [2.24, 2.45) is 0 Å². The van der Waals surface area contributed by atoms with Gasteiger partial charge in [0, 0.05) is 40.9 Å². The van der Waals surface area contributed by atoms with Crippen LogP contribution in [0.3, 0.4) is 0 Å². The van der Waals surface area contributed by atoms with Crippen LogP contribution in [0.15, 0.2) is 53.5 Å². The summed E-state index contributed by atoms with van der Waals surface area (Å²) in [6.07, 6.45) is 1.53. The maximum absolute atomic E-state index is 12.9. The predicted octanol–water partition coefficient (Wildman–Crippen LogP) is 4.31. The predicted molar refractivity (Wildman–Crippen MR) is 114 cm³/mol. The number of amides is 2. The molecule has 5 rings (SSSR count). The van der Waals surface area contributed by atoms with E-state index in [-0.39, 0.29) is 24.3 Å². The van der Waals surface area contributed by atoms with E-state index in [1.54, 1.807) is 23.1 Å². The highest BCUT2D eigenvalue weighted by molar-refractivity contribution is 6.31. The second-order valence-corrected chi connectivity index (χ2v) is 8.14. The molecule has 0 radical (unpaired) electrons. The van der Waals surface area contributed by atoms with Gasteiger partial charge in [-0.2, -0.15) is 0 Å². The van der Waals surface area contributed by atoms with Gasteiger partial charge in [-0.1, -0.05) is 36.4 Å². The molecule has 0 atom stereocenters. The number of oxazole rings is 1. The van der Waals surface area contributed by atoms with Crippen molar-refractivity contribution in [3.63, 3.8) is 0 Å². The van der Waals surface area contributed by atoms with Gasteiger partial charge >= 0.3 is 0 Å². The van der Waals surface area contributed by atoms with E-state index in [0.29, 0.717) is 35.3 Å². The van der Waals surface area contributed by atoms with Crippen LogP contribution in [0, 0.1) is 0 Å². The normalized spacial score (nSPS) is 17.1. The van der Waals surface area contributed by atoms with Gasteiger partial charge < -0.3 is 9.32 Å². The van der Waals surface area contributed by atoms with Crippen molar-refractivity contribution in [2.75, 3.05) is 19.6 Å². The van der Waals surface area contributed by atoms with Gasteiger partial charge in [-0.3, -0.25) is 14.5 Å². The van der Waals surface area contributed by atoms with Gasteiger partial charge in [-0.25, -0.2) is 4.98 Å². The van der Waals surface area contributed by atoms with Gasteiger partial charge in [-0.15, -0.1) is 0 Å². The summed E-state index contributed by atoms with van der Waals surface area (Å²) in [5, 5.41) is 0.628. The highest BCUT2D eigenvalue weighted by Crippen LogP contribution is 2.33. The van der Waals surface area contributed by atoms with Gasteiger partial charge in [-0.05, 0) is 37.1 Å². The summed E-state index contributed by atoms with van der Waals surface area (Å²) in [4.78, 5) is 33.3. The standard InChI is InChI=1S/C23H20ClN3O3/c1-14-17-4-2-3-5-18(17)23(29)27(14)13-21(28)26-10-8-15(9-11-26)22-25-19-12-16(24)6-7-20(19)30-22/h2-7,12,15H,1,8-11,13H2.